The molecule has 0 fully saturated rings. The fourth-order valence-corrected chi connectivity index (χ4v) is 2.11. The van der Waals surface area contributed by atoms with E-state index in [-0.39, 0.29) is 12.3 Å². The van der Waals surface area contributed by atoms with Crippen molar-refractivity contribution < 1.29 is 9.53 Å². The number of hydrogen-bond acceptors (Lipinski definition) is 3. The van der Waals surface area contributed by atoms with Gasteiger partial charge in [-0.05, 0) is 48.9 Å². The van der Waals surface area contributed by atoms with Gasteiger partial charge in [0, 0.05) is 15.8 Å². The van der Waals surface area contributed by atoms with Gasteiger partial charge in [0.05, 0.1) is 13.0 Å². The Balaban J connectivity index is 1.81. The van der Waals surface area contributed by atoms with Crippen molar-refractivity contribution in [3.05, 3.63) is 52.5 Å². The van der Waals surface area contributed by atoms with Crippen molar-refractivity contribution >= 4 is 33.2 Å². The molecule has 4 nitrogen and oxygen atoms in total. The molecule has 2 aromatic carbocycles. The lowest BCUT2D eigenvalue weighted by Crippen LogP contribution is -2.15. The average Bonchev–Trinajstić information content (AvgIpc) is 2.45. The highest BCUT2D eigenvalue weighted by molar-refractivity contribution is 9.10. The molecule has 0 aliphatic heterocycles. The average molecular weight is 349 g/mol. The van der Waals surface area contributed by atoms with Crippen LogP contribution in [0.3, 0.4) is 0 Å². The van der Waals surface area contributed by atoms with Crippen molar-refractivity contribution in [1.82, 2.24) is 0 Å². The molecule has 0 saturated heterocycles. The maximum Gasteiger partial charge on any atom is 0.227 e. The zero-order valence-electron chi connectivity index (χ0n) is 11.7. The van der Waals surface area contributed by atoms with Gasteiger partial charge < -0.3 is 15.8 Å². The summed E-state index contributed by atoms with van der Waals surface area (Å²) in [5.41, 5.74) is 8.03. The standard InChI is InChI=1S/C16H17BrN2O2/c1-11-2-3-12(17)10-15(11)21-9-8-16(20)19-14-6-4-13(18)5-7-14/h2-7,10H,8-9,18H2,1H3,(H,19,20). The van der Waals surface area contributed by atoms with E-state index in [1.165, 1.54) is 0 Å². The number of ether oxygens (including phenoxy) is 1. The summed E-state index contributed by atoms with van der Waals surface area (Å²) in [4.78, 5) is 11.8. The Morgan fingerprint density at radius 2 is 1.95 bits per heavy atom. The van der Waals surface area contributed by atoms with Gasteiger partial charge >= 0.3 is 0 Å². The van der Waals surface area contributed by atoms with E-state index in [9.17, 15) is 4.79 Å². The molecule has 0 bridgehead atoms. The number of nitrogens with one attached hydrogen (secondary N) is 1. The van der Waals surface area contributed by atoms with Gasteiger partial charge in [0.1, 0.15) is 5.75 Å². The lowest BCUT2D eigenvalue weighted by Gasteiger charge is -2.10. The van der Waals surface area contributed by atoms with E-state index < -0.39 is 0 Å². The van der Waals surface area contributed by atoms with Gasteiger partial charge in [-0.15, -0.1) is 0 Å². The molecular formula is C16H17BrN2O2. The van der Waals surface area contributed by atoms with Crippen LogP contribution in [-0.4, -0.2) is 12.5 Å². The van der Waals surface area contributed by atoms with Gasteiger partial charge in [-0.3, -0.25) is 4.79 Å². The molecule has 1 amide bonds. The molecule has 0 heterocycles. The van der Waals surface area contributed by atoms with E-state index in [4.69, 9.17) is 10.5 Å². The van der Waals surface area contributed by atoms with Crippen LogP contribution < -0.4 is 15.8 Å². The molecule has 0 aromatic heterocycles. The van der Waals surface area contributed by atoms with Gasteiger partial charge in [-0.1, -0.05) is 22.0 Å². The van der Waals surface area contributed by atoms with Crippen molar-refractivity contribution in [3.63, 3.8) is 0 Å². The maximum absolute atomic E-state index is 11.8. The molecule has 110 valence electrons. The predicted molar refractivity (Wildman–Crippen MR) is 88.5 cm³/mol. The van der Waals surface area contributed by atoms with Crippen molar-refractivity contribution in [1.29, 1.82) is 0 Å². The second-order valence-electron chi connectivity index (χ2n) is 4.68. The summed E-state index contributed by atoms with van der Waals surface area (Å²) in [6.07, 6.45) is 0.288. The number of hydrogen-bond donors (Lipinski definition) is 2. The first kappa shape index (κ1) is 15.4. The first-order valence-electron chi connectivity index (χ1n) is 6.59. The first-order valence-corrected chi connectivity index (χ1v) is 7.38. The second kappa shape index (κ2) is 7.13. The first-order chi connectivity index (χ1) is 10.0. The minimum absolute atomic E-state index is 0.0904. The highest BCUT2D eigenvalue weighted by Crippen LogP contribution is 2.23. The summed E-state index contributed by atoms with van der Waals surface area (Å²) < 4.78 is 6.59. The van der Waals surface area contributed by atoms with E-state index >= 15 is 0 Å². The molecule has 2 rings (SSSR count). The minimum atomic E-state index is -0.0904. The van der Waals surface area contributed by atoms with E-state index in [0.717, 1.165) is 21.5 Å². The summed E-state index contributed by atoms with van der Waals surface area (Å²) in [5.74, 6) is 0.692. The minimum Gasteiger partial charge on any atom is -0.493 e. The van der Waals surface area contributed by atoms with Crippen LogP contribution in [0.4, 0.5) is 11.4 Å². The number of amides is 1. The summed E-state index contributed by atoms with van der Waals surface area (Å²) in [7, 11) is 0. The fraction of sp³-hybridized carbons (Fsp3) is 0.188. The number of rotatable bonds is 5. The molecule has 0 spiro atoms. The Labute approximate surface area is 132 Å². The summed E-state index contributed by atoms with van der Waals surface area (Å²) in [5, 5.41) is 2.80. The topological polar surface area (TPSA) is 64.3 Å². The second-order valence-corrected chi connectivity index (χ2v) is 5.59. The number of aryl methyl sites for hydroxylation is 1. The van der Waals surface area contributed by atoms with Crippen molar-refractivity contribution in [3.8, 4) is 5.75 Å². The van der Waals surface area contributed by atoms with Gasteiger partial charge in [0.15, 0.2) is 0 Å². The third kappa shape index (κ3) is 4.79. The molecule has 2 aromatic rings. The van der Waals surface area contributed by atoms with Crippen LogP contribution in [0.1, 0.15) is 12.0 Å². The summed E-state index contributed by atoms with van der Waals surface area (Å²) in [6.45, 7) is 2.30. The van der Waals surface area contributed by atoms with Crippen LogP contribution in [0.15, 0.2) is 46.9 Å². The van der Waals surface area contributed by atoms with E-state index in [0.29, 0.717) is 12.3 Å². The van der Waals surface area contributed by atoms with E-state index in [1.54, 1.807) is 24.3 Å². The molecule has 5 heteroatoms. The fourth-order valence-electron chi connectivity index (χ4n) is 1.77. The molecular weight excluding hydrogens is 332 g/mol. The van der Waals surface area contributed by atoms with Crippen LogP contribution in [0.2, 0.25) is 0 Å². The Morgan fingerprint density at radius 3 is 2.67 bits per heavy atom. The largest absolute Gasteiger partial charge is 0.493 e. The number of benzene rings is 2. The van der Waals surface area contributed by atoms with Crippen LogP contribution in [0, 0.1) is 6.92 Å². The molecule has 21 heavy (non-hydrogen) atoms. The monoisotopic (exact) mass is 348 g/mol. The number of carbonyl (C=O) groups excluding carboxylic acids is 1. The molecule has 0 aliphatic rings. The van der Waals surface area contributed by atoms with Crippen LogP contribution in [-0.2, 0) is 4.79 Å². The number of nitrogens with two attached hydrogens (primary N) is 1. The lowest BCUT2D eigenvalue weighted by atomic mass is 10.2. The maximum atomic E-state index is 11.8. The molecule has 0 radical (unpaired) electrons. The molecule has 0 aliphatic carbocycles. The van der Waals surface area contributed by atoms with Gasteiger partial charge in [0.25, 0.3) is 0 Å². The van der Waals surface area contributed by atoms with E-state index in [1.807, 2.05) is 25.1 Å². The van der Waals surface area contributed by atoms with Gasteiger partial charge in [0.2, 0.25) is 5.91 Å². The summed E-state index contributed by atoms with van der Waals surface area (Å²) >= 11 is 3.40. The number of carbonyl (C=O) groups is 1. The Hall–Kier alpha value is -2.01. The zero-order chi connectivity index (χ0) is 15.2. The normalized spacial score (nSPS) is 10.2. The number of anilines is 2. The summed E-state index contributed by atoms with van der Waals surface area (Å²) in [6, 6.07) is 12.9. The predicted octanol–water partition coefficient (Wildman–Crippen LogP) is 3.75. The Kier molecular flexibility index (Phi) is 5.22. The van der Waals surface area contributed by atoms with Crippen molar-refractivity contribution in [2.75, 3.05) is 17.7 Å². The Morgan fingerprint density at radius 1 is 1.24 bits per heavy atom. The SMILES string of the molecule is Cc1ccc(Br)cc1OCCC(=O)Nc1ccc(N)cc1. The van der Waals surface area contributed by atoms with Crippen molar-refractivity contribution in [2.45, 2.75) is 13.3 Å². The molecule has 0 unspecified atom stereocenters. The Bertz CT molecular complexity index is 627. The van der Waals surface area contributed by atoms with Gasteiger partial charge in [-0.2, -0.15) is 0 Å². The number of nitrogen functional groups attached to an aromatic ring is 1. The van der Waals surface area contributed by atoms with Crippen LogP contribution in [0.5, 0.6) is 5.75 Å². The lowest BCUT2D eigenvalue weighted by molar-refractivity contribution is -0.116. The highest BCUT2D eigenvalue weighted by atomic mass is 79.9. The molecule has 0 atom stereocenters. The van der Waals surface area contributed by atoms with Crippen molar-refractivity contribution in [2.24, 2.45) is 0 Å². The molecule has 3 N–H and O–H groups in total. The third-order valence-corrected chi connectivity index (χ3v) is 3.42. The zero-order valence-corrected chi connectivity index (χ0v) is 13.3. The number of halogens is 1. The third-order valence-electron chi connectivity index (χ3n) is 2.93. The van der Waals surface area contributed by atoms with Crippen LogP contribution in [0.25, 0.3) is 0 Å². The van der Waals surface area contributed by atoms with Crippen LogP contribution >= 0.6 is 15.9 Å². The molecule has 0 saturated carbocycles. The smallest absolute Gasteiger partial charge is 0.227 e. The van der Waals surface area contributed by atoms with E-state index in [2.05, 4.69) is 21.2 Å². The van der Waals surface area contributed by atoms with Gasteiger partial charge in [-0.25, -0.2) is 0 Å². The quantitative estimate of drug-likeness (QED) is 0.808. The highest BCUT2D eigenvalue weighted by Gasteiger charge is 2.05.